The van der Waals surface area contributed by atoms with Crippen molar-refractivity contribution in [2.75, 3.05) is 13.1 Å². The first-order valence-electron chi connectivity index (χ1n) is 5.96. The highest BCUT2D eigenvalue weighted by atomic mass is 35.5. The Bertz CT molecular complexity index is 488. The maximum Gasteiger partial charge on any atom is 0.404 e. The van der Waals surface area contributed by atoms with Crippen LogP contribution >= 0.6 is 12.4 Å². The fourth-order valence-electron chi connectivity index (χ4n) is 2.28. The van der Waals surface area contributed by atoms with Gasteiger partial charge in [-0.1, -0.05) is 5.16 Å². The molecule has 1 aliphatic heterocycles. The third kappa shape index (κ3) is 3.30. The molecule has 0 saturated carbocycles. The van der Waals surface area contributed by atoms with Gasteiger partial charge in [-0.3, -0.25) is 4.90 Å². The number of hydrogen-bond acceptors (Lipinski definition) is 5. The largest absolute Gasteiger partial charge is 0.404 e. The number of nitrogens with zero attached hydrogens (tertiary/aromatic N) is 3. The summed E-state index contributed by atoms with van der Waals surface area (Å²) >= 11 is 0. The molecule has 0 unspecified atom stereocenters. The minimum Gasteiger partial charge on any atom is -0.338 e. The van der Waals surface area contributed by atoms with Crippen LogP contribution in [0.1, 0.15) is 18.1 Å². The molecule has 1 aromatic heterocycles. The van der Waals surface area contributed by atoms with E-state index in [2.05, 4.69) is 14.7 Å². The fourth-order valence-corrected chi connectivity index (χ4v) is 2.28. The van der Waals surface area contributed by atoms with Crippen LogP contribution in [0.15, 0.2) is 4.52 Å². The molecule has 128 valence electrons. The first kappa shape index (κ1) is 19.0. The van der Waals surface area contributed by atoms with Gasteiger partial charge in [-0.2, -0.15) is 31.3 Å². The zero-order chi connectivity index (χ0) is 15.9. The SMILES string of the molecule is Cl.NCc1nc(CN2CCC(C(F)(F)F)(C(F)(F)F)C2)no1. The van der Waals surface area contributed by atoms with Crippen LogP contribution in [-0.2, 0) is 13.1 Å². The average molecular weight is 355 g/mol. The van der Waals surface area contributed by atoms with Gasteiger partial charge in [0.2, 0.25) is 5.89 Å². The summed E-state index contributed by atoms with van der Waals surface area (Å²) in [6.45, 7) is -1.84. The van der Waals surface area contributed by atoms with E-state index in [4.69, 9.17) is 5.73 Å². The number of aromatic nitrogens is 2. The van der Waals surface area contributed by atoms with E-state index in [0.717, 1.165) is 4.90 Å². The Hall–Kier alpha value is -1.07. The van der Waals surface area contributed by atoms with Crippen molar-refractivity contribution in [2.45, 2.75) is 31.9 Å². The van der Waals surface area contributed by atoms with Crippen LogP contribution in [-0.4, -0.2) is 40.5 Å². The molecule has 0 aliphatic carbocycles. The highest BCUT2D eigenvalue weighted by Crippen LogP contribution is 2.55. The van der Waals surface area contributed by atoms with E-state index < -0.39 is 30.7 Å². The summed E-state index contributed by atoms with van der Waals surface area (Å²) in [7, 11) is 0. The minimum atomic E-state index is -5.36. The molecular weight excluding hydrogens is 342 g/mol. The van der Waals surface area contributed by atoms with E-state index in [1.807, 2.05) is 0 Å². The molecule has 12 heteroatoms. The van der Waals surface area contributed by atoms with Crippen molar-refractivity contribution in [1.29, 1.82) is 0 Å². The van der Waals surface area contributed by atoms with Gasteiger partial charge in [0.05, 0.1) is 13.1 Å². The van der Waals surface area contributed by atoms with Crippen LogP contribution in [0.25, 0.3) is 0 Å². The van der Waals surface area contributed by atoms with Gasteiger partial charge in [0.25, 0.3) is 0 Å². The van der Waals surface area contributed by atoms with Crippen molar-refractivity contribution in [3.63, 3.8) is 0 Å². The van der Waals surface area contributed by atoms with Gasteiger partial charge in [-0.15, -0.1) is 12.4 Å². The molecule has 0 amide bonds. The lowest BCUT2D eigenvalue weighted by Gasteiger charge is -2.33. The Morgan fingerprint density at radius 1 is 1.18 bits per heavy atom. The monoisotopic (exact) mass is 354 g/mol. The third-order valence-electron chi connectivity index (χ3n) is 3.48. The quantitative estimate of drug-likeness (QED) is 0.843. The summed E-state index contributed by atoms with van der Waals surface area (Å²) in [5.41, 5.74) is 1.51. The molecule has 1 saturated heterocycles. The van der Waals surface area contributed by atoms with E-state index >= 15 is 0 Å². The molecular formula is C10H13ClF6N4O. The maximum absolute atomic E-state index is 12.9. The summed E-state index contributed by atoms with van der Waals surface area (Å²) in [4.78, 5) is 4.76. The lowest BCUT2D eigenvalue weighted by atomic mass is 9.85. The smallest absolute Gasteiger partial charge is 0.338 e. The van der Waals surface area contributed by atoms with Crippen LogP contribution < -0.4 is 5.73 Å². The van der Waals surface area contributed by atoms with Crippen molar-refractivity contribution in [2.24, 2.45) is 11.1 Å². The normalized spacial score (nSPS) is 19.2. The van der Waals surface area contributed by atoms with E-state index in [0.29, 0.717) is 0 Å². The summed E-state index contributed by atoms with van der Waals surface area (Å²) in [6, 6.07) is 0. The van der Waals surface area contributed by atoms with Crippen molar-refractivity contribution in [3.8, 4) is 0 Å². The Balaban J connectivity index is 0.00000242. The van der Waals surface area contributed by atoms with Gasteiger partial charge >= 0.3 is 12.4 Å². The van der Waals surface area contributed by atoms with Crippen LogP contribution in [0.4, 0.5) is 26.3 Å². The highest BCUT2D eigenvalue weighted by molar-refractivity contribution is 5.85. The van der Waals surface area contributed by atoms with Gasteiger partial charge < -0.3 is 10.3 Å². The summed E-state index contributed by atoms with van der Waals surface area (Å²) < 4.78 is 81.9. The number of rotatable bonds is 3. The first-order chi connectivity index (χ1) is 9.59. The Morgan fingerprint density at radius 2 is 1.77 bits per heavy atom. The molecule has 0 aromatic carbocycles. The lowest BCUT2D eigenvalue weighted by Crippen LogP contribution is -2.51. The second-order valence-electron chi connectivity index (χ2n) is 4.85. The molecule has 0 atom stereocenters. The molecule has 0 bridgehead atoms. The van der Waals surface area contributed by atoms with Gasteiger partial charge in [-0.05, 0) is 13.0 Å². The van der Waals surface area contributed by atoms with Gasteiger partial charge in [-0.25, -0.2) is 0 Å². The van der Waals surface area contributed by atoms with Crippen LogP contribution in [0.3, 0.4) is 0 Å². The Labute approximate surface area is 127 Å². The molecule has 1 aliphatic rings. The predicted molar refractivity (Wildman–Crippen MR) is 63.9 cm³/mol. The topological polar surface area (TPSA) is 68.2 Å². The maximum atomic E-state index is 12.9. The van der Waals surface area contributed by atoms with Gasteiger partial charge in [0.15, 0.2) is 11.2 Å². The zero-order valence-corrected chi connectivity index (χ0v) is 11.9. The molecule has 22 heavy (non-hydrogen) atoms. The van der Waals surface area contributed by atoms with Gasteiger partial charge in [0.1, 0.15) is 0 Å². The second kappa shape index (κ2) is 6.20. The van der Waals surface area contributed by atoms with Crippen molar-refractivity contribution in [3.05, 3.63) is 11.7 Å². The number of alkyl halides is 6. The van der Waals surface area contributed by atoms with Crippen molar-refractivity contribution < 1.29 is 30.9 Å². The highest BCUT2D eigenvalue weighted by Gasteiger charge is 2.72. The third-order valence-corrected chi connectivity index (χ3v) is 3.48. The molecule has 1 aromatic rings. The van der Waals surface area contributed by atoms with E-state index in [9.17, 15) is 26.3 Å². The van der Waals surface area contributed by atoms with E-state index in [-0.39, 0.29) is 43.8 Å². The summed E-state index contributed by atoms with van der Waals surface area (Å²) in [5.74, 6) is 0.0812. The molecule has 2 N–H and O–H groups in total. The van der Waals surface area contributed by atoms with E-state index in [1.54, 1.807) is 0 Å². The molecule has 0 spiro atoms. The molecule has 1 fully saturated rings. The Kier molecular flexibility index (Phi) is 5.35. The zero-order valence-electron chi connectivity index (χ0n) is 11.0. The molecule has 0 radical (unpaired) electrons. The number of nitrogens with two attached hydrogens (primary N) is 1. The van der Waals surface area contributed by atoms with Gasteiger partial charge in [0, 0.05) is 6.54 Å². The first-order valence-corrected chi connectivity index (χ1v) is 5.96. The minimum absolute atomic E-state index is 0. The van der Waals surface area contributed by atoms with Crippen LogP contribution in [0.5, 0.6) is 0 Å². The predicted octanol–water partition coefficient (Wildman–Crippen LogP) is 2.27. The van der Waals surface area contributed by atoms with Crippen LogP contribution in [0, 0.1) is 5.41 Å². The van der Waals surface area contributed by atoms with Crippen LogP contribution in [0.2, 0.25) is 0 Å². The molecule has 2 rings (SSSR count). The Morgan fingerprint density at radius 3 is 2.18 bits per heavy atom. The standard InChI is InChI=1S/C10H12F6N4O.ClH/c11-9(12,13)8(10(14,15)16)1-2-20(5-8)4-6-18-7(3-17)21-19-6;/h1-5,17H2;1H. The fraction of sp³-hybridized carbons (Fsp3) is 0.800. The average Bonchev–Trinajstić information content (AvgIpc) is 2.94. The lowest BCUT2D eigenvalue weighted by molar-refractivity contribution is -0.335. The summed E-state index contributed by atoms with van der Waals surface area (Å²) in [5, 5.41) is 3.45. The second-order valence-corrected chi connectivity index (χ2v) is 4.85. The molecule has 2 heterocycles. The number of hydrogen-bond donors (Lipinski definition) is 1. The summed E-state index contributed by atoms with van der Waals surface area (Å²) in [6.07, 6.45) is -11.8. The number of likely N-dealkylation sites (tertiary alicyclic amines) is 1. The molecule has 5 nitrogen and oxygen atoms in total. The van der Waals surface area contributed by atoms with E-state index in [1.165, 1.54) is 0 Å². The number of halogens is 7. The van der Waals surface area contributed by atoms with Crippen molar-refractivity contribution in [1.82, 2.24) is 15.0 Å². The van der Waals surface area contributed by atoms with Crippen molar-refractivity contribution >= 4 is 12.4 Å².